The molecule has 0 aliphatic carbocycles. The highest BCUT2D eigenvalue weighted by Gasteiger charge is 2.17. The molecule has 0 fully saturated rings. The number of methoxy groups -OCH3 is 2. The lowest BCUT2D eigenvalue weighted by atomic mass is 9.88. The second kappa shape index (κ2) is 16.0. The minimum atomic E-state index is -0.132. The highest BCUT2D eigenvalue weighted by molar-refractivity contribution is 7.09. The van der Waals surface area contributed by atoms with Gasteiger partial charge in [0.15, 0.2) is 11.5 Å². The molecule has 0 spiro atoms. The Morgan fingerprint density at radius 3 is 2.11 bits per heavy atom. The van der Waals surface area contributed by atoms with Gasteiger partial charge in [-0.25, -0.2) is 4.98 Å². The van der Waals surface area contributed by atoms with Crippen molar-refractivity contribution in [2.24, 2.45) is 0 Å². The summed E-state index contributed by atoms with van der Waals surface area (Å²) < 4.78 is 10.9. The molecule has 0 saturated heterocycles. The summed E-state index contributed by atoms with van der Waals surface area (Å²) in [6.45, 7) is 4.93. The first-order chi connectivity index (χ1) is 22.0. The second-order valence-electron chi connectivity index (χ2n) is 11.2. The van der Waals surface area contributed by atoms with Crippen molar-refractivity contribution >= 4 is 17.2 Å². The highest BCUT2D eigenvalue weighted by Crippen LogP contribution is 2.29. The minimum Gasteiger partial charge on any atom is -0.493 e. The lowest BCUT2D eigenvalue weighted by Crippen LogP contribution is -2.27. The Hall–Kier alpha value is -4.46. The van der Waals surface area contributed by atoms with Gasteiger partial charge in [0.25, 0.3) is 5.91 Å². The fourth-order valence-electron chi connectivity index (χ4n) is 5.49. The normalized spacial score (nSPS) is 11.1. The van der Waals surface area contributed by atoms with Gasteiger partial charge in [0, 0.05) is 30.9 Å². The van der Waals surface area contributed by atoms with Gasteiger partial charge in [-0.2, -0.15) is 0 Å². The standard InChI is InChI=1S/C38H41N3O3S/c1-28-14-16-30(17-15-28)25-41(23-21-29-18-19-35(43-2)36(24-29)44-3)26-37-40-34(27-45-37)38(42)39-22-20-33(31-10-6-4-7-11-31)32-12-8-5-9-13-32/h4-19,24,27,33H,20-23,25-26H2,1-3H3,(H,39,42). The third kappa shape index (κ3) is 9.03. The van der Waals surface area contributed by atoms with E-state index in [2.05, 4.69) is 96.0 Å². The quantitative estimate of drug-likeness (QED) is 0.130. The molecule has 0 saturated carbocycles. The average molecular weight is 620 g/mol. The first kappa shape index (κ1) is 31.9. The van der Waals surface area contributed by atoms with E-state index < -0.39 is 0 Å². The van der Waals surface area contributed by atoms with Crippen LogP contribution in [0.15, 0.2) is 109 Å². The number of amides is 1. The molecular weight excluding hydrogens is 579 g/mol. The SMILES string of the molecule is COc1ccc(CCN(Cc2ccc(C)cc2)Cc2nc(C(=O)NCCC(c3ccccc3)c3ccccc3)cs2)cc1OC. The van der Waals surface area contributed by atoms with Gasteiger partial charge >= 0.3 is 0 Å². The number of ether oxygens (including phenoxy) is 2. The second-order valence-corrected chi connectivity index (χ2v) is 12.1. The molecule has 0 aliphatic rings. The van der Waals surface area contributed by atoms with Crippen molar-refractivity contribution in [3.05, 3.63) is 147 Å². The molecule has 232 valence electrons. The van der Waals surface area contributed by atoms with Crippen LogP contribution in [0.1, 0.15) is 55.7 Å². The van der Waals surface area contributed by atoms with E-state index in [1.54, 1.807) is 14.2 Å². The van der Waals surface area contributed by atoms with Crippen LogP contribution in [0, 0.1) is 6.92 Å². The summed E-state index contributed by atoms with van der Waals surface area (Å²) in [5, 5.41) is 5.91. The molecule has 0 radical (unpaired) electrons. The predicted octanol–water partition coefficient (Wildman–Crippen LogP) is 7.67. The summed E-state index contributed by atoms with van der Waals surface area (Å²) in [7, 11) is 3.31. The molecule has 45 heavy (non-hydrogen) atoms. The number of nitrogens with one attached hydrogen (secondary N) is 1. The Kier molecular flexibility index (Phi) is 11.4. The van der Waals surface area contributed by atoms with Crippen LogP contribution < -0.4 is 14.8 Å². The number of aryl methyl sites for hydroxylation is 1. The van der Waals surface area contributed by atoms with Gasteiger partial charge in [-0.15, -0.1) is 11.3 Å². The summed E-state index contributed by atoms with van der Waals surface area (Å²) in [5.74, 6) is 1.53. The van der Waals surface area contributed by atoms with Crippen LogP contribution in [0.25, 0.3) is 0 Å². The van der Waals surface area contributed by atoms with Gasteiger partial charge < -0.3 is 14.8 Å². The van der Waals surface area contributed by atoms with Crippen LogP contribution in [0.5, 0.6) is 11.5 Å². The largest absolute Gasteiger partial charge is 0.493 e. The zero-order valence-corrected chi connectivity index (χ0v) is 27.1. The molecule has 0 unspecified atom stereocenters. The predicted molar refractivity (Wildman–Crippen MR) is 182 cm³/mol. The summed E-state index contributed by atoms with van der Waals surface area (Å²) in [6.07, 6.45) is 1.65. The van der Waals surface area contributed by atoms with Crippen LogP contribution in [0.2, 0.25) is 0 Å². The topological polar surface area (TPSA) is 63.7 Å². The Morgan fingerprint density at radius 1 is 0.822 bits per heavy atom. The number of benzene rings is 4. The Balaban J connectivity index is 1.22. The molecule has 1 aromatic heterocycles. The van der Waals surface area contributed by atoms with Gasteiger partial charge in [0.1, 0.15) is 10.7 Å². The molecule has 5 rings (SSSR count). The van der Waals surface area contributed by atoms with E-state index >= 15 is 0 Å². The number of aromatic nitrogens is 1. The lowest BCUT2D eigenvalue weighted by Gasteiger charge is -2.22. The molecular formula is C38H41N3O3S. The first-order valence-corrected chi connectivity index (χ1v) is 16.2. The van der Waals surface area contributed by atoms with Crippen LogP contribution in [0.3, 0.4) is 0 Å². The lowest BCUT2D eigenvalue weighted by molar-refractivity contribution is 0.0948. The zero-order chi connectivity index (χ0) is 31.4. The highest BCUT2D eigenvalue weighted by atomic mass is 32.1. The van der Waals surface area contributed by atoms with E-state index in [0.29, 0.717) is 18.8 Å². The van der Waals surface area contributed by atoms with E-state index in [0.717, 1.165) is 42.4 Å². The number of hydrogen-bond acceptors (Lipinski definition) is 6. The molecule has 4 aromatic carbocycles. The van der Waals surface area contributed by atoms with E-state index in [4.69, 9.17) is 14.5 Å². The maximum atomic E-state index is 13.1. The first-order valence-electron chi connectivity index (χ1n) is 15.3. The molecule has 0 atom stereocenters. The average Bonchev–Trinajstić information content (AvgIpc) is 3.56. The van der Waals surface area contributed by atoms with E-state index in [9.17, 15) is 4.79 Å². The molecule has 1 amide bonds. The summed E-state index contributed by atoms with van der Waals surface area (Å²) in [4.78, 5) is 20.3. The van der Waals surface area contributed by atoms with E-state index in [1.807, 2.05) is 29.6 Å². The monoisotopic (exact) mass is 619 g/mol. The Morgan fingerprint density at radius 2 is 1.47 bits per heavy atom. The van der Waals surface area contributed by atoms with Crippen molar-refractivity contribution in [1.82, 2.24) is 15.2 Å². The molecule has 6 nitrogen and oxygen atoms in total. The molecule has 0 aliphatic heterocycles. The third-order valence-electron chi connectivity index (χ3n) is 7.96. The zero-order valence-electron chi connectivity index (χ0n) is 26.2. The van der Waals surface area contributed by atoms with Crippen molar-refractivity contribution in [2.75, 3.05) is 27.3 Å². The fourth-order valence-corrected chi connectivity index (χ4v) is 6.30. The van der Waals surface area contributed by atoms with Crippen molar-refractivity contribution in [3.63, 3.8) is 0 Å². The minimum absolute atomic E-state index is 0.132. The molecule has 0 bridgehead atoms. The molecule has 5 aromatic rings. The number of rotatable bonds is 15. The molecule has 1 heterocycles. The van der Waals surface area contributed by atoms with Crippen LogP contribution in [-0.2, 0) is 19.5 Å². The van der Waals surface area contributed by atoms with Gasteiger partial charge in [0.2, 0.25) is 0 Å². The number of thiazole rings is 1. The number of carbonyl (C=O) groups is 1. The Bertz CT molecular complexity index is 1600. The van der Waals surface area contributed by atoms with E-state index in [-0.39, 0.29) is 11.8 Å². The van der Waals surface area contributed by atoms with Gasteiger partial charge in [-0.05, 0) is 54.2 Å². The van der Waals surface area contributed by atoms with Crippen LogP contribution in [-0.4, -0.2) is 43.1 Å². The van der Waals surface area contributed by atoms with Crippen molar-refractivity contribution in [2.45, 2.75) is 38.8 Å². The molecule has 7 heteroatoms. The number of nitrogens with zero attached hydrogens (tertiary/aromatic N) is 2. The van der Waals surface area contributed by atoms with Crippen molar-refractivity contribution in [3.8, 4) is 11.5 Å². The number of carbonyl (C=O) groups excluding carboxylic acids is 1. The third-order valence-corrected chi connectivity index (χ3v) is 8.79. The van der Waals surface area contributed by atoms with Crippen molar-refractivity contribution in [1.29, 1.82) is 0 Å². The van der Waals surface area contributed by atoms with Gasteiger partial charge in [-0.1, -0.05) is 96.6 Å². The van der Waals surface area contributed by atoms with Crippen molar-refractivity contribution < 1.29 is 14.3 Å². The van der Waals surface area contributed by atoms with Gasteiger partial charge in [-0.3, -0.25) is 9.69 Å². The summed E-state index contributed by atoms with van der Waals surface area (Å²) in [6, 6.07) is 35.7. The number of hydrogen-bond donors (Lipinski definition) is 1. The summed E-state index contributed by atoms with van der Waals surface area (Å²) in [5.41, 5.74) is 6.62. The molecule has 1 N–H and O–H groups in total. The maximum absolute atomic E-state index is 13.1. The smallest absolute Gasteiger partial charge is 0.270 e. The Labute approximate surface area is 270 Å². The van der Waals surface area contributed by atoms with Gasteiger partial charge in [0.05, 0.1) is 20.8 Å². The van der Waals surface area contributed by atoms with Crippen LogP contribution >= 0.6 is 11.3 Å². The fraction of sp³-hybridized carbons (Fsp3) is 0.263. The van der Waals surface area contributed by atoms with Crippen LogP contribution in [0.4, 0.5) is 0 Å². The summed E-state index contributed by atoms with van der Waals surface area (Å²) >= 11 is 1.54. The van der Waals surface area contributed by atoms with E-state index in [1.165, 1.54) is 39.2 Å². The maximum Gasteiger partial charge on any atom is 0.270 e.